The van der Waals surface area contributed by atoms with E-state index in [9.17, 15) is 0 Å². The van der Waals surface area contributed by atoms with E-state index < -0.39 is 0 Å². The van der Waals surface area contributed by atoms with Gasteiger partial charge in [-0.1, -0.05) is 31.2 Å². The van der Waals surface area contributed by atoms with Crippen molar-refractivity contribution < 1.29 is 0 Å². The molecule has 0 amide bonds. The van der Waals surface area contributed by atoms with Crippen LogP contribution >= 0.6 is 11.8 Å². The summed E-state index contributed by atoms with van der Waals surface area (Å²) in [5, 5.41) is 3.70. The van der Waals surface area contributed by atoms with Crippen molar-refractivity contribution >= 4 is 11.8 Å². The van der Waals surface area contributed by atoms with Crippen LogP contribution in [0.2, 0.25) is 0 Å². The molecule has 2 atom stereocenters. The molecule has 2 aromatic rings. The minimum Gasteiger partial charge on any atom is -0.310 e. The number of benzene rings is 1. The van der Waals surface area contributed by atoms with Crippen LogP contribution in [0, 0.1) is 0 Å². The highest BCUT2D eigenvalue weighted by Crippen LogP contribution is 2.42. The standard InChI is InChI=1S/C18H22N2S/c1-3-19-18(14-8-4-5-9-16(14)21-2)15-11-10-13-7-6-12-20-17(13)15/h4-9,12,15,18-19H,3,10-11H2,1-2H3. The Morgan fingerprint density at radius 2 is 2.14 bits per heavy atom. The fourth-order valence-electron chi connectivity index (χ4n) is 3.38. The Balaban J connectivity index is 2.00. The number of nitrogens with one attached hydrogen (secondary N) is 1. The van der Waals surface area contributed by atoms with Gasteiger partial charge in [0.25, 0.3) is 0 Å². The van der Waals surface area contributed by atoms with Crippen LogP contribution in [-0.2, 0) is 6.42 Å². The second-order valence-corrected chi connectivity index (χ2v) is 6.32. The van der Waals surface area contributed by atoms with Crippen molar-refractivity contribution in [3.8, 4) is 0 Å². The molecule has 1 aliphatic rings. The van der Waals surface area contributed by atoms with Crippen LogP contribution in [0.5, 0.6) is 0 Å². The Hall–Kier alpha value is -1.32. The number of hydrogen-bond donors (Lipinski definition) is 1. The highest BCUT2D eigenvalue weighted by atomic mass is 32.2. The van der Waals surface area contributed by atoms with Crippen molar-refractivity contribution in [2.45, 2.75) is 36.6 Å². The van der Waals surface area contributed by atoms with Gasteiger partial charge in [-0.15, -0.1) is 11.8 Å². The summed E-state index contributed by atoms with van der Waals surface area (Å²) in [6.07, 6.45) is 6.42. The molecule has 0 saturated carbocycles. The Morgan fingerprint density at radius 1 is 1.29 bits per heavy atom. The molecule has 0 aliphatic heterocycles. The van der Waals surface area contributed by atoms with Gasteiger partial charge in [0.2, 0.25) is 0 Å². The van der Waals surface area contributed by atoms with Crippen molar-refractivity contribution in [3.05, 3.63) is 59.4 Å². The molecule has 1 N–H and O–H groups in total. The first-order valence-electron chi connectivity index (χ1n) is 7.65. The molecule has 1 aromatic carbocycles. The normalized spacial score (nSPS) is 18.5. The monoisotopic (exact) mass is 298 g/mol. The maximum atomic E-state index is 4.68. The predicted molar refractivity (Wildman–Crippen MR) is 89.9 cm³/mol. The molecule has 2 nitrogen and oxygen atoms in total. The maximum Gasteiger partial charge on any atom is 0.0485 e. The Morgan fingerprint density at radius 3 is 2.95 bits per heavy atom. The van der Waals surface area contributed by atoms with E-state index in [0.717, 1.165) is 13.0 Å². The molecule has 21 heavy (non-hydrogen) atoms. The zero-order chi connectivity index (χ0) is 14.7. The summed E-state index contributed by atoms with van der Waals surface area (Å²) in [5.41, 5.74) is 4.13. The van der Waals surface area contributed by atoms with E-state index in [1.807, 2.05) is 18.0 Å². The fraction of sp³-hybridized carbons (Fsp3) is 0.389. The van der Waals surface area contributed by atoms with E-state index in [1.54, 1.807) is 0 Å². The largest absolute Gasteiger partial charge is 0.310 e. The predicted octanol–water partition coefficient (Wildman–Crippen LogP) is 4.18. The van der Waals surface area contributed by atoms with Gasteiger partial charge >= 0.3 is 0 Å². The van der Waals surface area contributed by atoms with E-state index in [0.29, 0.717) is 12.0 Å². The number of aryl methyl sites for hydroxylation is 1. The number of fused-ring (bicyclic) bond motifs is 1. The highest BCUT2D eigenvalue weighted by molar-refractivity contribution is 7.98. The average molecular weight is 298 g/mol. The topological polar surface area (TPSA) is 24.9 Å². The Labute approximate surface area is 131 Å². The third kappa shape index (κ3) is 2.85. The lowest BCUT2D eigenvalue weighted by Gasteiger charge is -2.26. The molecular weight excluding hydrogens is 276 g/mol. The van der Waals surface area contributed by atoms with Gasteiger partial charge in [0, 0.05) is 28.7 Å². The van der Waals surface area contributed by atoms with E-state index in [4.69, 9.17) is 0 Å². The molecule has 0 spiro atoms. The maximum absolute atomic E-state index is 4.68. The third-order valence-corrected chi connectivity index (χ3v) is 5.11. The lowest BCUT2D eigenvalue weighted by molar-refractivity contribution is 0.442. The summed E-state index contributed by atoms with van der Waals surface area (Å²) in [4.78, 5) is 6.05. The van der Waals surface area contributed by atoms with Crippen LogP contribution in [0.4, 0.5) is 0 Å². The molecule has 1 aliphatic carbocycles. The van der Waals surface area contributed by atoms with Crippen LogP contribution in [0.3, 0.4) is 0 Å². The summed E-state index contributed by atoms with van der Waals surface area (Å²) in [6.45, 7) is 3.16. The van der Waals surface area contributed by atoms with Gasteiger partial charge in [0.15, 0.2) is 0 Å². The van der Waals surface area contributed by atoms with E-state index >= 15 is 0 Å². The second-order valence-electron chi connectivity index (χ2n) is 5.47. The minimum atomic E-state index is 0.356. The molecule has 2 unspecified atom stereocenters. The van der Waals surface area contributed by atoms with Crippen molar-refractivity contribution in [1.29, 1.82) is 0 Å². The van der Waals surface area contributed by atoms with E-state index in [2.05, 4.69) is 59.9 Å². The molecular formula is C18H22N2S. The lowest BCUT2D eigenvalue weighted by atomic mass is 9.90. The van der Waals surface area contributed by atoms with Crippen LogP contribution in [-0.4, -0.2) is 17.8 Å². The highest BCUT2D eigenvalue weighted by Gasteiger charge is 2.32. The van der Waals surface area contributed by atoms with Crippen LogP contribution in [0.15, 0.2) is 47.5 Å². The summed E-state index contributed by atoms with van der Waals surface area (Å²) >= 11 is 1.83. The summed E-state index contributed by atoms with van der Waals surface area (Å²) in [5.74, 6) is 0.481. The van der Waals surface area contributed by atoms with Crippen LogP contribution < -0.4 is 5.32 Å². The van der Waals surface area contributed by atoms with Crippen molar-refractivity contribution in [3.63, 3.8) is 0 Å². The first kappa shape index (κ1) is 14.6. The number of aromatic nitrogens is 1. The number of pyridine rings is 1. The Kier molecular flexibility index (Phi) is 4.61. The first-order valence-corrected chi connectivity index (χ1v) is 8.87. The number of likely N-dealkylation sites (N-methyl/N-ethyl adjacent to an activating group) is 1. The smallest absolute Gasteiger partial charge is 0.0485 e. The molecule has 1 heterocycles. The Bertz CT molecular complexity index is 612. The summed E-state index contributed by atoms with van der Waals surface area (Å²) in [7, 11) is 0. The number of thioether (sulfide) groups is 1. The molecule has 1 aromatic heterocycles. The van der Waals surface area contributed by atoms with Gasteiger partial charge in [0.1, 0.15) is 0 Å². The molecule has 3 rings (SSSR count). The average Bonchev–Trinajstić information content (AvgIpc) is 2.96. The van der Waals surface area contributed by atoms with Crippen LogP contribution in [0.25, 0.3) is 0 Å². The molecule has 0 fully saturated rings. The molecule has 3 heteroatoms. The molecule has 0 bridgehead atoms. The number of hydrogen-bond acceptors (Lipinski definition) is 3. The lowest BCUT2D eigenvalue weighted by Crippen LogP contribution is -2.27. The summed E-state index contributed by atoms with van der Waals surface area (Å²) < 4.78 is 0. The molecule has 110 valence electrons. The second kappa shape index (κ2) is 6.63. The first-order chi connectivity index (χ1) is 10.3. The van der Waals surface area contributed by atoms with Crippen molar-refractivity contribution in [1.82, 2.24) is 10.3 Å². The van der Waals surface area contributed by atoms with Gasteiger partial charge < -0.3 is 5.32 Å². The van der Waals surface area contributed by atoms with Crippen LogP contribution in [0.1, 0.15) is 42.1 Å². The fourth-order valence-corrected chi connectivity index (χ4v) is 4.03. The van der Waals surface area contributed by atoms with Gasteiger partial charge in [0.05, 0.1) is 0 Å². The van der Waals surface area contributed by atoms with E-state index in [1.165, 1.54) is 28.1 Å². The summed E-state index contributed by atoms with van der Waals surface area (Å²) in [6, 6.07) is 13.4. The zero-order valence-corrected chi connectivity index (χ0v) is 13.5. The van der Waals surface area contributed by atoms with Gasteiger partial charge in [-0.3, -0.25) is 4.98 Å². The van der Waals surface area contributed by atoms with Gasteiger partial charge in [-0.05, 0) is 48.9 Å². The molecule has 0 saturated heterocycles. The van der Waals surface area contributed by atoms with Gasteiger partial charge in [-0.2, -0.15) is 0 Å². The van der Waals surface area contributed by atoms with Crippen molar-refractivity contribution in [2.75, 3.05) is 12.8 Å². The quantitative estimate of drug-likeness (QED) is 0.838. The van der Waals surface area contributed by atoms with Gasteiger partial charge in [-0.25, -0.2) is 0 Å². The number of rotatable bonds is 5. The number of nitrogens with zero attached hydrogens (tertiary/aromatic N) is 1. The van der Waals surface area contributed by atoms with E-state index in [-0.39, 0.29) is 0 Å². The third-order valence-electron chi connectivity index (χ3n) is 4.30. The zero-order valence-electron chi connectivity index (χ0n) is 12.7. The SMILES string of the molecule is CCNC(c1ccccc1SC)C1CCc2cccnc21. The molecule has 0 radical (unpaired) electrons. The van der Waals surface area contributed by atoms with Crippen molar-refractivity contribution in [2.24, 2.45) is 0 Å². The minimum absolute atomic E-state index is 0.356.